The number of β-amino-alcohol motifs (C(OH)–C–C–N with tert-alkyl or cyclic N) is 1. The van der Waals surface area contributed by atoms with Crippen molar-refractivity contribution >= 4 is 43.3 Å². The van der Waals surface area contributed by atoms with Crippen LogP contribution in [0.15, 0.2) is 90.2 Å². The van der Waals surface area contributed by atoms with E-state index in [1.807, 2.05) is 30.3 Å². The average molecular weight is 510 g/mol. The van der Waals surface area contributed by atoms with E-state index in [9.17, 15) is 13.5 Å². The maximum absolute atomic E-state index is 13.1. The molecule has 1 unspecified atom stereocenters. The van der Waals surface area contributed by atoms with Crippen molar-refractivity contribution in [2.24, 2.45) is 0 Å². The van der Waals surface area contributed by atoms with E-state index in [4.69, 9.17) is 0 Å². The minimum absolute atomic E-state index is 0.234. The lowest BCUT2D eigenvalue weighted by atomic mass is 10.0. The summed E-state index contributed by atoms with van der Waals surface area (Å²) >= 11 is 0. The second-order valence-electron chi connectivity index (χ2n) is 8.99. The summed E-state index contributed by atoms with van der Waals surface area (Å²) in [5, 5.41) is 18.5. The van der Waals surface area contributed by atoms with Crippen molar-refractivity contribution in [2.75, 3.05) is 18.4 Å². The Morgan fingerprint density at radius 2 is 1.89 bits per heavy atom. The molecule has 1 aliphatic rings. The van der Waals surface area contributed by atoms with Crippen LogP contribution in [0.3, 0.4) is 0 Å². The minimum atomic E-state index is -3.70. The van der Waals surface area contributed by atoms with E-state index in [1.54, 1.807) is 48.7 Å². The third-order valence-electron chi connectivity index (χ3n) is 6.42. The fraction of sp³-hybridized carbons (Fsp3) is 0.143. The SMILES string of the molecule is O=S(=O)(c1ccccc1)n1ccc2cc(Nc3ncnc4ccc(C#CC5(O)CCNC5)cc34)ccc21. The molecule has 3 aromatic carbocycles. The van der Waals surface area contributed by atoms with Crippen LogP contribution in [0.25, 0.3) is 21.8 Å². The summed E-state index contributed by atoms with van der Waals surface area (Å²) in [4.78, 5) is 9.02. The van der Waals surface area contributed by atoms with Crippen LogP contribution in [-0.2, 0) is 10.0 Å². The molecule has 9 heteroatoms. The standard InChI is InChI=1S/C28H23N5O3S/c34-28(13-14-29-18-28)12-10-20-6-8-25-24(16-20)27(31-19-30-25)32-22-7-9-26-21(17-22)11-15-33(26)37(35,36)23-4-2-1-3-5-23/h1-9,11,15-17,19,29,34H,13-14,18H2,(H,30,31,32). The Kier molecular flexibility index (Phi) is 5.65. The average Bonchev–Trinajstić information content (AvgIpc) is 3.55. The maximum atomic E-state index is 13.1. The van der Waals surface area contributed by atoms with Crippen molar-refractivity contribution in [3.8, 4) is 11.8 Å². The van der Waals surface area contributed by atoms with Crippen molar-refractivity contribution in [1.29, 1.82) is 0 Å². The number of hydrogen-bond acceptors (Lipinski definition) is 7. The van der Waals surface area contributed by atoms with Gasteiger partial charge >= 0.3 is 0 Å². The van der Waals surface area contributed by atoms with Crippen LogP contribution >= 0.6 is 0 Å². The Labute approximate surface area is 214 Å². The third-order valence-corrected chi connectivity index (χ3v) is 8.13. The van der Waals surface area contributed by atoms with Gasteiger partial charge in [-0.3, -0.25) is 0 Å². The second kappa shape index (κ2) is 9.01. The van der Waals surface area contributed by atoms with Crippen molar-refractivity contribution < 1.29 is 13.5 Å². The van der Waals surface area contributed by atoms with Gasteiger partial charge in [0, 0.05) is 41.2 Å². The summed E-state index contributed by atoms with van der Waals surface area (Å²) in [6.07, 6.45) is 3.65. The Morgan fingerprint density at radius 3 is 2.70 bits per heavy atom. The second-order valence-corrected chi connectivity index (χ2v) is 10.8. The van der Waals surface area contributed by atoms with E-state index in [0.717, 1.165) is 34.1 Å². The molecule has 6 rings (SSSR count). The van der Waals surface area contributed by atoms with Gasteiger partial charge in [-0.25, -0.2) is 22.4 Å². The number of nitrogens with one attached hydrogen (secondary N) is 2. The van der Waals surface area contributed by atoms with E-state index in [1.165, 1.54) is 10.3 Å². The van der Waals surface area contributed by atoms with Crippen LogP contribution < -0.4 is 10.6 Å². The number of benzene rings is 3. The lowest BCUT2D eigenvalue weighted by Crippen LogP contribution is -2.28. The van der Waals surface area contributed by atoms with Gasteiger partial charge < -0.3 is 15.7 Å². The Balaban J connectivity index is 1.33. The van der Waals surface area contributed by atoms with Gasteiger partial charge in [0.15, 0.2) is 0 Å². The predicted molar refractivity (Wildman–Crippen MR) is 143 cm³/mol. The topological polar surface area (TPSA) is 109 Å². The van der Waals surface area contributed by atoms with Gasteiger partial charge in [0.05, 0.1) is 15.9 Å². The summed E-state index contributed by atoms with van der Waals surface area (Å²) in [7, 11) is -3.70. The first kappa shape index (κ1) is 23.2. The zero-order valence-corrected chi connectivity index (χ0v) is 20.5. The molecule has 0 radical (unpaired) electrons. The molecule has 0 spiro atoms. The van der Waals surface area contributed by atoms with Gasteiger partial charge in [-0.1, -0.05) is 30.0 Å². The van der Waals surface area contributed by atoms with Crippen LogP contribution in [0.4, 0.5) is 11.5 Å². The highest BCUT2D eigenvalue weighted by molar-refractivity contribution is 7.90. The zero-order valence-electron chi connectivity index (χ0n) is 19.7. The lowest BCUT2D eigenvalue weighted by Gasteiger charge is -2.12. The smallest absolute Gasteiger partial charge is 0.268 e. The van der Waals surface area contributed by atoms with E-state index < -0.39 is 15.6 Å². The highest BCUT2D eigenvalue weighted by atomic mass is 32.2. The molecule has 2 aromatic heterocycles. The number of nitrogens with zero attached hydrogens (tertiary/aromatic N) is 3. The van der Waals surface area contributed by atoms with Crippen LogP contribution in [0, 0.1) is 11.8 Å². The van der Waals surface area contributed by atoms with Gasteiger partial charge in [-0.05, 0) is 61.1 Å². The normalized spacial score (nSPS) is 17.5. The van der Waals surface area contributed by atoms with E-state index >= 15 is 0 Å². The number of aromatic nitrogens is 3. The van der Waals surface area contributed by atoms with Crippen molar-refractivity contribution in [2.45, 2.75) is 16.9 Å². The molecule has 184 valence electrons. The molecule has 37 heavy (non-hydrogen) atoms. The molecular weight excluding hydrogens is 486 g/mol. The van der Waals surface area contributed by atoms with E-state index in [2.05, 4.69) is 32.4 Å². The fourth-order valence-corrected chi connectivity index (χ4v) is 5.83. The highest BCUT2D eigenvalue weighted by Gasteiger charge is 2.28. The molecule has 5 aromatic rings. The van der Waals surface area contributed by atoms with Gasteiger partial charge in [-0.15, -0.1) is 0 Å². The molecule has 1 fully saturated rings. The van der Waals surface area contributed by atoms with Crippen LogP contribution in [0.2, 0.25) is 0 Å². The molecule has 3 heterocycles. The number of fused-ring (bicyclic) bond motifs is 2. The summed E-state index contributed by atoms with van der Waals surface area (Å²) in [6, 6.07) is 21.3. The van der Waals surface area contributed by atoms with Crippen molar-refractivity contribution in [3.63, 3.8) is 0 Å². The van der Waals surface area contributed by atoms with Gasteiger partial charge in [0.25, 0.3) is 10.0 Å². The summed E-state index contributed by atoms with van der Waals surface area (Å²) in [5.41, 5.74) is 1.84. The molecule has 8 nitrogen and oxygen atoms in total. The van der Waals surface area contributed by atoms with Crippen molar-refractivity contribution in [3.05, 3.63) is 90.9 Å². The summed E-state index contributed by atoms with van der Waals surface area (Å²) in [5.74, 6) is 6.67. The Hall–Kier alpha value is -4.23. The molecule has 0 aliphatic carbocycles. The molecular formula is C28H23N5O3S. The van der Waals surface area contributed by atoms with E-state index in [0.29, 0.717) is 24.3 Å². The molecule has 0 bridgehead atoms. The lowest BCUT2D eigenvalue weighted by molar-refractivity contribution is 0.124. The van der Waals surface area contributed by atoms with Crippen LogP contribution in [-0.4, -0.2) is 46.2 Å². The molecule has 3 N–H and O–H groups in total. The number of rotatable bonds is 4. The Bertz CT molecular complexity index is 1800. The highest BCUT2D eigenvalue weighted by Crippen LogP contribution is 2.28. The molecule has 0 amide bonds. The summed E-state index contributed by atoms with van der Waals surface area (Å²) < 4.78 is 27.5. The fourth-order valence-electron chi connectivity index (χ4n) is 4.46. The minimum Gasteiger partial charge on any atom is -0.376 e. The van der Waals surface area contributed by atoms with Crippen LogP contribution in [0.5, 0.6) is 0 Å². The first-order valence-corrected chi connectivity index (χ1v) is 13.3. The monoisotopic (exact) mass is 509 g/mol. The quantitative estimate of drug-likeness (QED) is 0.317. The van der Waals surface area contributed by atoms with Crippen LogP contribution in [0.1, 0.15) is 12.0 Å². The number of anilines is 2. The van der Waals surface area contributed by atoms with Gasteiger partial charge in [-0.2, -0.15) is 0 Å². The predicted octanol–water partition coefficient (Wildman–Crippen LogP) is 3.64. The number of hydrogen-bond donors (Lipinski definition) is 3. The van der Waals surface area contributed by atoms with Gasteiger partial charge in [0.1, 0.15) is 17.7 Å². The molecule has 1 saturated heterocycles. The zero-order chi connectivity index (χ0) is 25.5. The third kappa shape index (κ3) is 4.42. The molecule has 1 aliphatic heterocycles. The largest absolute Gasteiger partial charge is 0.376 e. The van der Waals surface area contributed by atoms with Gasteiger partial charge in [0.2, 0.25) is 0 Å². The van der Waals surface area contributed by atoms with E-state index in [-0.39, 0.29) is 4.90 Å². The maximum Gasteiger partial charge on any atom is 0.268 e. The molecule has 0 saturated carbocycles. The molecule has 1 atom stereocenters. The first-order chi connectivity index (χ1) is 17.9. The Morgan fingerprint density at radius 1 is 1.03 bits per heavy atom. The first-order valence-electron chi connectivity index (χ1n) is 11.8. The number of aliphatic hydroxyl groups is 1. The van der Waals surface area contributed by atoms with Crippen molar-refractivity contribution in [1.82, 2.24) is 19.3 Å². The summed E-state index contributed by atoms with van der Waals surface area (Å²) in [6.45, 7) is 1.21.